The molecule has 0 fully saturated rings. The molecule has 0 saturated heterocycles. The Kier molecular flexibility index (Phi) is 2.08. The van der Waals surface area contributed by atoms with E-state index in [1.165, 1.54) is 6.07 Å². The van der Waals surface area contributed by atoms with Gasteiger partial charge >= 0.3 is 0 Å². The summed E-state index contributed by atoms with van der Waals surface area (Å²) in [6, 6.07) is 9.00. The van der Waals surface area contributed by atoms with Crippen LogP contribution in [0, 0.1) is 5.82 Å². The lowest BCUT2D eigenvalue weighted by Crippen LogP contribution is -2.13. The Bertz CT molecular complexity index is 601. The van der Waals surface area contributed by atoms with Crippen molar-refractivity contribution in [3.8, 4) is 0 Å². The third-order valence-corrected chi connectivity index (χ3v) is 3.76. The third kappa shape index (κ3) is 1.40. The summed E-state index contributed by atoms with van der Waals surface area (Å²) in [5, 5.41) is 11.6. The van der Waals surface area contributed by atoms with Crippen LogP contribution in [-0.2, 0) is 5.41 Å². The second-order valence-electron chi connectivity index (χ2n) is 5.47. The average molecular weight is 230 g/mol. The van der Waals surface area contributed by atoms with Crippen LogP contribution in [0.2, 0.25) is 0 Å². The summed E-state index contributed by atoms with van der Waals surface area (Å²) >= 11 is 0. The molecule has 0 aromatic heterocycles. The van der Waals surface area contributed by atoms with Crippen molar-refractivity contribution < 1.29 is 9.50 Å². The highest BCUT2D eigenvalue weighted by Gasteiger charge is 2.37. The van der Waals surface area contributed by atoms with Crippen molar-refractivity contribution >= 4 is 10.8 Å². The van der Waals surface area contributed by atoms with Crippen molar-refractivity contribution in [3.05, 3.63) is 47.3 Å². The van der Waals surface area contributed by atoms with Crippen LogP contribution in [0.4, 0.5) is 4.39 Å². The molecule has 1 nitrogen and oxygen atoms in total. The summed E-state index contributed by atoms with van der Waals surface area (Å²) in [6.45, 7) is 4.21. The molecule has 1 atom stereocenters. The first-order valence-electron chi connectivity index (χ1n) is 5.90. The second-order valence-corrected chi connectivity index (χ2v) is 5.47. The van der Waals surface area contributed by atoms with Crippen LogP contribution >= 0.6 is 0 Å². The van der Waals surface area contributed by atoms with Crippen LogP contribution in [0.15, 0.2) is 30.3 Å². The smallest absolute Gasteiger partial charge is 0.131 e. The van der Waals surface area contributed by atoms with Crippen LogP contribution in [0.25, 0.3) is 10.8 Å². The number of aliphatic hydroxyl groups excluding tert-OH is 1. The Balaban J connectivity index is 2.47. The molecular formula is C15H15FO. The number of aliphatic hydroxyl groups is 1. The van der Waals surface area contributed by atoms with Gasteiger partial charge in [0.25, 0.3) is 0 Å². The molecular weight excluding hydrogens is 215 g/mol. The average Bonchev–Trinajstić information content (AvgIpc) is 2.49. The molecule has 2 aromatic rings. The van der Waals surface area contributed by atoms with E-state index >= 15 is 0 Å². The molecule has 1 aliphatic carbocycles. The normalized spacial score (nSPS) is 21.8. The van der Waals surface area contributed by atoms with Crippen LogP contribution < -0.4 is 0 Å². The van der Waals surface area contributed by atoms with Crippen LogP contribution in [0.3, 0.4) is 0 Å². The maximum Gasteiger partial charge on any atom is 0.131 e. The van der Waals surface area contributed by atoms with E-state index in [9.17, 15) is 9.50 Å². The molecule has 1 N–H and O–H groups in total. The highest BCUT2D eigenvalue weighted by molar-refractivity contribution is 5.89. The summed E-state index contributed by atoms with van der Waals surface area (Å²) in [5.74, 6) is -0.240. The number of rotatable bonds is 0. The van der Waals surface area contributed by atoms with E-state index < -0.39 is 6.10 Å². The number of halogens is 1. The lowest BCUT2D eigenvalue weighted by Gasteiger charge is -2.20. The largest absolute Gasteiger partial charge is 0.388 e. The first kappa shape index (κ1) is 10.7. The molecule has 1 aliphatic rings. The SMILES string of the molecule is CC1(C)C[C@H](O)c2cc(F)c3ccccc3c21. The Hall–Kier alpha value is -1.41. The van der Waals surface area contributed by atoms with E-state index in [-0.39, 0.29) is 11.2 Å². The lowest BCUT2D eigenvalue weighted by atomic mass is 9.83. The summed E-state index contributed by atoms with van der Waals surface area (Å²) in [4.78, 5) is 0. The topological polar surface area (TPSA) is 20.2 Å². The maximum absolute atomic E-state index is 14.0. The number of hydrogen-bond acceptors (Lipinski definition) is 1. The minimum absolute atomic E-state index is 0.0952. The van der Waals surface area contributed by atoms with Gasteiger partial charge in [-0.3, -0.25) is 0 Å². The highest BCUT2D eigenvalue weighted by atomic mass is 19.1. The van der Waals surface area contributed by atoms with Crippen LogP contribution in [0.1, 0.15) is 37.5 Å². The van der Waals surface area contributed by atoms with E-state index in [1.807, 2.05) is 18.2 Å². The Morgan fingerprint density at radius 1 is 1.24 bits per heavy atom. The zero-order valence-corrected chi connectivity index (χ0v) is 10.00. The molecule has 0 saturated carbocycles. The third-order valence-electron chi connectivity index (χ3n) is 3.76. The van der Waals surface area contributed by atoms with Gasteiger partial charge in [-0.05, 0) is 34.4 Å². The predicted octanol–water partition coefficient (Wildman–Crippen LogP) is 3.69. The van der Waals surface area contributed by atoms with Crippen LogP contribution in [0.5, 0.6) is 0 Å². The highest BCUT2D eigenvalue weighted by Crippen LogP contribution is 2.48. The van der Waals surface area contributed by atoms with E-state index in [1.54, 1.807) is 6.07 Å². The van der Waals surface area contributed by atoms with Gasteiger partial charge in [0.15, 0.2) is 0 Å². The fourth-order valence-corrected chi connectivity index (χ4v) is 3.06. The first-order valence-corrected chi connectivity index (χ1v) is 5.90. The van der Waals surface area contributed by atoms with Gasteiger partial charge < -0.3 is 5.11 Å². The summed E-state index contributed by atoms with van der Waals surface area (Å²) in [6.07, 6.45) is 0.120. The van der Waals surface area contributed by atoms with E-state index in [0.717, 1.165) is 16.5 Å². The van der Waals surface area contributed by atoms with Crippen molar-refractivity contribution in [2.45, 2.75) is 31.8 Å². The van der Waals surface area contributed by atoms with Crippen molar-refractivity contribution in [2.24, 2.45) is 0 Å². The number of benzene rings is 2. The zero-order valence-electron chi connectivity index (χ0n) is 10.00. The number of fused-ring (bicyclic) bond motifs is 3. The Labute approximate surface area is 99.9 Å². The Morgan fingerprint density at radius 2 is 1.88 bits per heavy atom. The zero-order chi connectivity index (χ0) is 12.2. The van der Waals surface area contributed by atoms with Gasteiger partial charge in [-0.15, -0.1) is 0 Å². The molecule has 0 radical (unpaired) electrons. The fourth-order valence-electron chi connectivity index (χ4n) is 3.06. The molecule has 0 spiro atoms. The van der Waals surface area contributed by atoms with Gasteiger partial charge in [-0.1, -0.05) is 38.1 Å². The molecule has 0 bridgehead atoms. The second kappa shape index (κ2) is 3.30. The van der Waals surface area contributed by atoms with Crippen molar-refractivity contribution in [3.63, 3.8) is 0 Å². The minimum atomic E-state index is -0.542. The van der Waals surface area contributed by atoms with Crippen molar-refractivity contribution in [1.82, 2.24) is 0 Å². The molecule has 2 heteroatoms. The van der Waals surface area contributed by atoms with Gasteiger partial charge in [0.1, 0.15) is 5.82 Å². The van der Waals surface area contributed by atoms with E-state index in [0.29, 0.717) is 11.8 Å². The van der Waals surface area contributed by atoms with Gasteiger partial charge in [0.05, 0.1) is 6.10 Å². The van der Waals surface area contributed by atoms with Gasteiger partial charge in [-0.25, -0.2) is 4.39 Å². The summed E-state index contributed by atoms with van der Waals surface area (Å²) in [7, 11) is 0. The molecule has 2 aromatic carbocycles. The van der Waals surface area contributed by atoms with Crippen molar-refractivity contribution in [2.75, 3.05) is 0 Å². The maximum atomic E-state index is 14.0. The lowest BCUT2D eigenvalue weighted by molar-refractivity contribution is 0.161. The summed E-state index contributed by atoms with van der Waals surface area (Å²) < 4.78 is 14.0. The predicted molar refractivity (Wildman–Crippen MR) is 66.5 cm³/mol. The number of hydrogen-bond donors (Lipinski definition) is 1. The standard InChI is InChI=1S/C15H15FO/c1-15(2)8-13(17)11-7-12(16)9-5-3-4-6-10(9)14(11)15/h3-7,13,17H,8H2,1-2H3/t13-/m0/s1. The van der Waals surface area contributed by atoms with Gasteiger partial charge in [0, 0.05) is 5.39 Å². The molecule has 0 amide bonds. The van der Waals surface area contributed by atoms with Gasteiger partial charge in [-0.2, -0.15) is 0 Å². The molecule has 0 heterocycles. The van der Waals surface area contributed by atoms with E-state index in [4.69, 9.17) is 0 Å². The molecule has 3 rings (SSSR count). The first-order chi connectivity index (χ1) is 8.00. The fraction of sp³-hybridized carbons (Fsp3) is 0.333. The van der Waals surface area contributed by atoms with E-state index in [2.05, 4.69) is 13.8 Å². The van der Waals surface area contributed by atoms with Gasteiger partial charge in [0.2, 0.25) is 0 Å². The molecule has 0 unspecified atom stereocenters. The van der Waals surface area contributed by atoms with Crippen molar-refractivity contribution in [1.29, 1.82) is 0 Å². The van der Waals surface area contributed by atoms with Crippen LogP contribution in [-0.4, -0.2) is 5.11 Å². The summed E-state index contributed by atoms with van der Waals surface area (Å²) in [5.41, 5.74) is 1.76. The Morgan fingerprint density at radius 3 is 2.59 bits per heavy atom. The quantitative estimate of drug-likeness (QED) is 0.731. The molecule has 0 aliphatic heterocycles. The monoisotopic (exact) mass is 230 g/mol. The minimum Gasteiger partial charge on any atom is -0.388 e. The molecule has 88 valence electrons. The molecule has 17 heavy (non-hydrogen) atoms.